The second kappa shape index (κ2) is 8.34. The van der Waals surface area contributed by atoms with Crippen LogP contribution in [-0.2, 0) is 9.59 Å². The van der Waals surface area contributed by atoms with Gasteiger partial charge in [0.05, 0.1) is 18.8 Å². The van der Waals surface area contributed by atoms with Gasteiger partial charge in [-0.05, 0) is 55.9 Å². The van der Waals surface area contributed by atoms with Gasteiger partial charge in [-0.2, -0.15) is 0 Å². The summed E-state index contributed by atoms with van der Waals surface area (Å²) in [6.45, 7) is 1.63. The number of hydrogen-bond acceptors (Lipinski definition) is 3. The SMILES string of the molecule is Cc1ccc(NC(=O)CN(C)CC(=O)Nc2ccc(F)cc2)c(F)c1. The number of likely N-dealkylation sites (N-methyl/N-ethyl adjacent to an activating group) is 1. The highest BCUT2D eigenvalue weighted by Crippen LogP contribution is 2.15. The number of halogens is 2. The van der Waals surface area contributed by atoms with Crippen LogP contribution >= 0.6 is 0 Å². The fraction of sp³-hybridized carbons (Fsp3) is 0.222. The van der Waals surface area contributed by atoms with E-state index in [1.54, 1.807) is 20.0 Å². The van der Waals surface area contributed by atoms with Gasteiger partial charge >= 0.3 is 0 Å². The average Bonchev–Trinajstić information content (AvgIpc) is 2.52. The number of carbonyl (C=O) groups excluding carboxylic acids is 2. The molecule has 2 aromatic rings. The van der Waals surface area contributed by atoms with E-state index in [0.29, 0.717) is 5.69 Å². The maximum Gasteiger partial charge on any atom is 0.238 e. The van der Waals surface area contributed by atoms with E-state index < -0.39 is 17.5 Å². The van der Waals surface area contributed by atoms with Gasteiger partial charge in [0, 0.05) is 5.69 Å². The summed E-state index contributed by atoms with van der Waals surface area (Å²) in [5.41, 5.74) is 1.32. The first-order valence-corrected chi connectivity index (χ1v) is 7.63. The molecule has 2 amide bonds. The number of anilines is 2. The number of benzene rings is 2. The van der Waals surface area contributed by atoms with Crippen molar-refractivity contribution in [2.75, 3.05) is 30.8 Å². The molecule has 0 fully saturated rings. The molecule has 0 aliphatic carbocycles. The van der Waals surface area contributed by atoms with Crippen molar-refractivity contribution in [1.29, 1.82) is 0 Å². The van der Waals surface area contributed by atoms with Crippen LogP contribution in [0.1, 0.15) is 5.56 Å². The van der Waals surface area contributed by atoms with Crippen molar-refractivity contribution in [1.82, 2.24) is 4.90 Å². The number of rotatable bonds is 6. The smallest absolute Gasteiger partial charge is 0.238 e. The van der Waals surface area contributed by atoms with E-state index in [2.05, 4.69) is 10.6 Å². The second-order valence-corrected chi connectivity index (χ2v) is 5.76. The quantitative estimate of drug-likeness (QED) is 0.845. The van der Waals surface area contributed by atoms with E-state index in [0.717, 1.165) is 5.56 Å². The normalized spacial score (nSPS) is 10.6. The Labute approximate surface area is 144 Å². The van der Waals surface area contributed by atoms with Gasteiger partial charge in [0.1, 0.15) is 11.6 Å². The third kappa shape index (κ3) is 5.96. The monoisotopic (exact) mass is 347 g/mol. The molecule has 0 bridgehead atoms. The average molecular weight is 347 g/mol. The minimum atomic E-state index is -0.509. The third-order valence-corrected chi connectivity index (χ3v) is 3.35. The summed E-state index contributed by atoms with van der Waals surface area (Å²) in [4.78, 5) is 25.3. The van der Waals surface area contributed by atoms with Crippen LogP contribution in [0.2, 0.25) is 0 Å². The highest BCUT2D eigenvalue weighted by Gasteiger charge is 2.13. The number of aryl methyl sites for hydroxylation is 1. The predicted octanol–water partition coefficient (Wildman–Crippen LogP) is 2.78. The number of carbonyl (C=O) groups is 2. The molecule has 0 spiro atoms. The molecule has 0 unspecified atom stereocenters. The Balaban J connectivity index is 1.82. The molecule has 0 aromatic heterocycles. The maximum atomic E-state index is 13.7. The van der Waals surface area contributed by atoms with Crippen molar-refractivity contribution >= 4 is 23.2 Å². The van der Waals surface area contributed by atoms with Crippen molar-refractivity contribution in [2.24, 2.45) is 0 Å². The zero-order valence-corrected chi connectivity index (χ0v) is 14.0. The van der Waals surface area contributed by atoms with Gasteiger partial charge < -0.3 is 10.6 Å². The van der Waals surface area contributed by atoms with E-state index in [1.807, 2.05) is 0 Å². The molecular weight excluding hydrogens is 328 g/mol. The van der Waals surface area contributed by atoms with Crippen LogP contribution in [0.3, 0.4) is 0 Å². The fourth-order valence-electron chi connectivity index (χ4n) is 2.19. The molecule has 0 heterocycles. The molecule has 2 N–H and O–H groups in total. The van der Waals surface area contributed by atoms with Crippen LogP contribution in [0.25, 0.3) is 0 Å². The Bertz CT molecular complexity index is 763. The third-order valence-electron chi connectivity index (χ3n) is 3.35. The van der Waals surface area contributed by atoms with Gasteiger partial charge in [-0.15, -0.1) is 0 Å². The molecule has 5 nitrogen and oxygen atoms in total. The summed E-state index contributed by atoms with van der Waals surface area (Å²) in [5, 5.41) is 5.07. The van der Waals surface area contributed by atoms with Crippen molar-refractivity contribution in [3.8, 4) is 0 Å². The number of hydrogen-bond donors (Lipinski definition) is 2. The van der Waals surface area contributed by atoms with Crippen LogP contribution in [0.5, 0.6) is 0 Å². The molecule has 0 saturated heterocycles. The van der Waals surface area contributed by atoms with Crippen molar-refractivity contribution < 1.29 is 18.4 Å². The Kier molecular flexibility index (Phi) is 6.19. The lowest BCUT2D eigenvalue weighted by molar-refractivity contribution is -0.119. The summed E-state index contributed by atoms with van der Waals surface area (Å²) in [5.74, 6) is -1.68. The molecule has 132 valence electrons. The summed E-state index contributed by atoms with van der Waals surface area (Å²) < 4.78 is 26.5. The number of nitrogens with one attached hydrogen (secondary N) is 2. The Morgan fingerprint density at radius 1 is 0.960 bits per heavy atom. The standard InChI is InChI=1S/C18H19F2N3O2/c1-12-3-8-16(15(20)9-12)22-18(25)11-23(2)10-17(24)21-14-6-4-13(19)5-7-14/h3-9H,10-11H2,1-2H3,(H,21,24)(H,22,25). The molecule has 2 rings (SSSR count). The lowest BCUT2D eigenvalue weighted by Gasteiger charge is -2.16. The summed E-state index contributed by atoms with van der Waals surface area (Å²) >= 11 is 0. The van der Waals surface area contributed by atoms with E-state index in [-0.39, 0.29) is 24.7 Å². The van der Waals surface area contributed by atoms with Crippen LogP contribution in [0, 0.1) is 18.6 Å². The van der Waals surface area contributed by atoms with Gasteiger partial charge in [-0.25, -0.2) is 8.78 Å². The molecule has 0 aliphatic heterocycles. The molecule has 2 aromatic carbocycles. The number of nitrogens with zero attached hydrogens (tertiary/aromatic N) is 1. The molecule has 0 saturated carbocycles. The lowest BCUT2D eigenvalue weighted by atomic mass is 10.2. The molecule has 25 heavy (non-hydrogen) atoms. The molecular formula is C18H19F2N3O2. The van der Waals surface area contributed by atoms with Crippen LogP contribution < -0.4 is 10.6 Å². The summed E-state index contributed by atoms with van der Waals surface area (Å²) in [6.07, 6.45) is 0. The predicted molar refractivity (Wildman–Crippen MR) is 92.3 cm³/mol. The van der Waals surface area contributed by atoms with Gasteiger partial charge in [0.15, 0.2) is 0 Å². The summed E-state index contributed by atoms with van der Waals surface area (Å²) in [7, 11) is 1.59. The van der Waals surface area contributed by atoms with Crippen molar-refractivity contribution in [2.45, 2.75) is 6.92 Å². The Morgan fingerprint density at radius 2 is 1.56 bits per heavy atom. The topological polar surface area (TPSA) is 61.4 Å². The van der Waals surface area contributed by atoms with Crippen LogP contribution in [0.4, 0.5) is 20.2 Å². The maximum absolute atomic E-state index is 13.7. The highest BCUT2D eigenvalue weighted by atomic mass is 19.1. The van der Waals surface area contributed by atoms with E-state index in [1.165, 1.54) is 41.3 Å². The van der Waals surface area contributed by atoms with E-state index in [4.69, 9.17) is 0 Å². The largest absolute Gasteiger partial charge is 0.325 e. The minimum Gasteiger partial charge on any atom is -0.325 e. The molecule has 7 heteroatoms. The molecule has 0 atom stereocenters. The van der Waals surface area contributed by atoms with Gasteiger partial charge in [-0.1, -0.05) is 6.07 Å². The Hall–Kier alpha value is -2.80. The lowest BCUT2D eigenvalue weighted by Crippen LogP contribution is -2.36. The first-order chi connectivity index (χ1) is 11.8. The van der Waals surface area contributed by atoms with Gasteiger partial charge in [0.2, 0.25) is 11.8 Å². The van der Waals surface area contributed by atoms with Gasteiger partial charge in [0.25, 0.3) is 0 Å². The van der Waals surface area contributed by atoms with E-state index in [9.17, 15) is 18.4 Å². The minimum absolute atomic E-state index is 0.0405. The van der Waals surface area contributed by atoms with E-state index >= 15 is 0 Å². The van der Waals surface area contributed by atoms with Crippen LogP contribution in [0.15, 0.2) is 42.5 Å². The van der Waals surface area contributed by atoms with Crippen LogP contribution in [-0.4, -0.2) is 36.9 Å². The van der Waals surface area contributed by atoms with Crippen molar-refractivity contribution in [3.63, 3.8) is 0 Å². The van der Waals surface area contributed by atoms with Gasteiger partial charge in [-0.3, -0.25) is 14.5 Å². The zero-order valence-electron chi connectivity index (χ0n) is 14.0. The molecule has 0 aliphatic rings. The summed E-state index contributed by atoms with van der Waals surface area (Å²) in [6, 6.07) is 9.88. The number of amides is 2. The fourth-order valence-corrected chi connectivity index (χ4v) is 2.19. The zero-order chi connectivity index (χ0) is 18.4. The Morgan fingerprint density at radius 3 is 2.16 bits per heavy atom. The second-order valence-electron chi connectivity index (χ2n) is 5.76. The molecule has 0 radical (unpaired) electrons. The highest BCUT2D eigenvalue weighted by molar-refractivity contribution is 5.94. The van der Waals surface area contributed by atoms with Crippen molar-refractivity contribution in [3.05, 3.63) is 59.7 Å². The first-order valence-electron chi connectivity index (χ1n) is 7.63. The first kappa shape index (κ1) is 18.5.